The molecule has 2 aromatic rings. The van der Waals surface area contributed by atoms with Crippen LogP contribution < -0.4 is 5.32 Å². The maximum atomic E-state index is 13.1. The zero-order valence-electron chi connectivity index (χ0n) is 10.9. The molecule has 0 aliphatic heterocycles. The molecule has 1 unspecified atom stereocenters. The van der Waals surface area contributed by atoms with E-state index in [1.54, 1.807) is 0 Å². The summed E-state index contributed by atoms with van der Waals surface area (Å²) >= 11 is 11.4. The Bertz CT molecular complexity index is 777. The Morgan fingerprint density at radius 2 is 1.95 bits per heavy atom. The molecule has 0 saturated carbocycles. The highest BCUT2D eigenvalue weighted by Crippen LogP contribution is 2.29. The van der Waals surface area contributed by atoms with E-state index in [4.69, 9.17) is 23.2 Å². The molecule has 1 N–H and O–H groups in total. The molecule has 0 amide bonds. The second-order valence-corrected chi connectivity index (χ2v) is 5.12. The van der Waals surface area contributed by atoms with Crippen molar-refractivity contribution in [1.29, 1.82) is 5.26 Å². The van der Waals surface area contributed by atoms with Gasteiger partial charge in [0.15, 0.2) is 0 Å². The lowest BCUT2D eigenvalue weighted by molar-refractivity contribution is -0.384. The molecule has 0 heterocycles. The van der Waals surface area contributed by atoms with Crippen molar-refractivity contribution >= 4 is 34.6 Å². The summed E-state index contributed by atoms with van der Waals surface area (Å²) in [5, 5.41) is 22.8. The molecule has 5 nitrogen and oxygen atoms in total. The van der Waals surface area contributed by atoms with Crippen LogP contribution in [-0.4, -0.2) is 4.92 Å². The van der Waals surface area contributed by atoms with Gasteiger partial charge in [-0.3, -0.25) is 10.1 Å². The molecular formula is C14H8Cl2FN3O2. The van der Waals surface area contributed by atoms with Gasteiger partial charge in [0, 0.05) is 11.8 Å². The molecule has 22 heavy (non-hydrogen) atoms. The first-order chi connectivity index (χ1) is 10.4. The quantitative estimate of drug-likeness (QED) is 0.645. The summed E-state index contributed by atoms with van der Waals surface area (Å²) in [5.74, 6) is -0.581. The third-order valence-electron chi connectivity index (χ3n) is 2.86. The van der Waals surface area contributed by atoms with Crippen molar-refractivity contribution in [3.8, 4) is 6.07 Å². The predicted molar refractivity (Wildman–Crippen MR) is 81.5 cm³/mol. The molecule has 2 rings (SSSR count). The van der Waals surface area contributed by atoms with Gasteiger partial charge in [-0.2, -0.15) is 5.26 Å². The van der Waals surface area contributed by atoms with E-state index in [1.807, 2.05) is 6.07 Å². The van der Waals surface area contributed by atoms with Gasteiger partial charge in [-0.1, -0.05) is 29.3 Å². The van der Waals surface area contributed by atoms with Gasteiger partial charge < -0.3 is 5.32 Å². The standard InChI is InChI=1S/C14H8Cl2FN3O2/c15-10-3-1-8(5-14(10)20(21)22)13(7-18)19-9-2-4-12(17)11(16)6-9/h1-6,13,19H. The van der Waals surface area contributed by atoms with Crippen LogP contribution in [0.5, 0.6) is 0 Å². The summed E-state index contributed by atoms with van der Waals surface area (Å²) in [4.78, 5) is 10.3. The van der Waals surface area contributed by atoms with Gasteiger partial charge in [-0.25, -0.2) is 4.39 Å². The number of nitrogens with zero attached hydrogens (tertiary/aromatic N) is 2. The van der Waals surface area contributed by atoms with Crippen LogP contribution in [0.3, 0.4) is 0 Å². The molecule has 2 aromatic carbocycles. The second kappa shape index (κ2) is 6.60. The minimum absolute atomic E-state index is 0.0183. The van der Waals surface area contributed by atoms with E-state index < -0.39 is 16.8 Å². The molecule has 0 aliphatic rings. The Morgan fingerprint density at radius 3 is 2.55 bits per heavy atom. The number of halogens is 3. The molecule has 112 valence electrons. The maximum absolute atomic E-state index is 13.1. The molecular weight excluding hydrogens is 332 g/mol. The third-order valence-corrected chi connectivity index (χ3v) is 3.47. The third kappa shape index (κ3) is 3.45. The van der Waals surface area contributed by atoms with Crippen LogP contribution in [0.2, 0.25) is 10.0 Å². The van der Waals surface area contributed by atoms with Crippen LogP contribution in [-0.2, 0) is 0 Å². The van der Waals surface area contributed by atoms with Crippen molar-refractivity contribution in [1.82, 2.24) is 0 Å². The lowest BCUT2D eigenvalue weighted by Gasteiger charge is -2.14. The number of rotatable bonds is 4. The number of anilines is 1. The molecule has 0 aliphatic carbocycles. The monoisotopic (exact) mass is 339 g/mol. The van der Waals surface area contributed by atoms with Gasteiger partial charge in [0.2, 0.25) is 0 Å². The van der Waals surface area contributed by atoms with E-state index in [-0.39, 0.29) is 15.7 Å². The van der Waals surface area contributed by atoms with Gasteiger partial charge in [0.05, 0.1) is 16.0 Å². The number of nitro benzene ring substituents is 1. The molecule has 0 bridgehead atoms. The van der Waals surface area contributed by atoms with E-state index in [1.165, 1.54) is 30.3 Å². The van der Waals surface area contributed by atoms with E-state index in [9.17, 15) is 19.8 Å². The first-order valence-electron chi connectivity index (χ1n) is 5.97. The van der Waals surface area contributed by atoms with E-state index in [2.05, 4.69) is 5.32 Å². The second-order valence-electron chi connectivity index (χ2n) is 4.30. The van der Waals surface area contributed by atoms with Crippen LogP contribution in [0.15, 0.2) is 36.4 Å². The molecule has 0 fully saturated rings. The smallest absolute Gasteiger partial charge is 0.288 e. The zero-order valence-corrected chi connectivity index (χ0v) is 12.4. The Labute approximate surface area is 135 Å². The molecule has 0 spiro atoms. The molecule has 8 heteroatoms. The fourth-order valence-electron chi connectivity index (χ4n) is 1.79. The Hall–Kier alpha value is -2.36. The highest BCUT2D eigenvalue weighted by Gasteiger charge is 2.18. The van der Waals surface area contributed by atoms with E-state index in [0.29, 0.717) is 11.3 Å². The van der Waals surface area contributed by atoms with Crippen LogP contribution in [0, 0.1) is 27.3 Å². The van der Waals surface area contributed by atoms with E-state index in [0.717, 1.165) is 6.07 Å². The fraction of sp³-hybridized carbons (Fsp3) is 0.0714. The van der Waals surface area contributed by atoms with Gasteiger partial charge in [-0.05, 0) is 29.8 Å². The minimum atomic E-state index is -0.877. The number of hydrogen-bond acceptors (Lipinski definition) is 4. The number of benzene rings is 2. The highest BCUT2D eigenvalue weighted by atomic mass is 35.5. The molecule has 1 atom stereocenters. The summed E-state index contributed by atoms with van der Waals surface area (Å²) in [6, 6.07) is 9.05. The number of nitrogens with one attached hydrogen (secondary N) is 1. The first kappa shape index (κ1) is 16.0. The first-order valence-corrected chi connectivity index (χ1v) is 6.73. The van der Waals surface area contributed by atoms with Gasteiger partial charge in [0.25, 0.3) is 5.69 Å². The van der Waals surface area contributed by atoms with Crippen molar-refractivity contribution in [2.45, 2.75) is 6.04 Å². The fourth-order valence-corrected chi connectivity index (χ4v) is 2.16. The molecule has 0 saturated heterocycles. The highest BCUT2D eigenvalue weighted by molar-refractivity contribution is 6.32. The van der Waals surface area contributed by atoms with Gasteiger partial charge in [-0.15, -0.1) is 0 Å². The zero-order chi connectivity index (χ0) is 16.3. The molecule has 0 aromatic heterocycles. The lowest BCUT2D eigenvalue weighted by Crippen LogP contribution is -2.09. The number of nitriles is 1. The Balaban J connectivity index is 2.32. The van der Waals surface area contributed by atoms with Crippen molar-refractivity contribution in [3.05, 3.63) is 67.9 Å². The van der Waals surface area contributed by atoms with Crippen LogP contribution in [0.4, 0.5) is 15.8 Å². The van der Waals surface area contributed by atoms with Crippen molar-refractivity contribution in [3.63, 3.8) is 0 Å². The van der Waals surface area contributed by atoms with Crippen molar-refractivity contribution in [2.75, 3.05) is 5.32 Å². The number of nitro groups is 1. The van der Waals surface area contributed by atoms with E-state index >= 15 is 0 Å². The largest absolute Gasteiger partial charge is 0.366 e. The normalized spacial score (nSPS) is 11.5. The number of hydrogen-bond donors (Lipinski definition) is 1. The summed E-state index contributed by atoms with van der Waals surface area (Å²) in [6.07, 6.45) is 0. The Morgan fingerprint density at radius 1 is 1.23 bits per heavy atom. The Kier molecular flexibility index (Phi) is 4.81. The van der Waals surface area contributed by atoms with Crippen molar-refractivity contribution < 1.29 is 9.31 Å². The summed E-state index contributed by atoms with van der Waals surface area (Å²) in [5.41, 5.74) is 0.480. The summed E-state index contributed by atoms with van der Waals surface area (Å²) in [6.45, 7) is 0. The predicted octanol–water partition coefficient (Wildman–Crippen LogP) is 4.72. The van der Waals surface area contributed by atoms with Gasteiger partial charge in [0.1, 0.15) is 16.9 Å². The summed E-state index contributed by atoms with van der Waals surface area (Å²) in [7, 11) is 0. The van der Waals surface area contributed by atoms with Crippen LogP contribution >= 0.6 is 23.2 Å². The van der Waals surface area contributed by atoms with Crippen LogP contribution in [0.1, 0.15) is 11.6 Å². The molecule has 0 radical (unpaired) electrons. The lowest BCUT2D eigenvalue weighted by atomic mass is 10.1. The van der Waals surface area contributed by atoms with Crippen LogP contribution in [0.25, 0.3) is 0 Å². The van der Waals surface area contributed by atoms with Gasteiger partial charge >= 0.3 is 0 Å². The average molecular weight is 340 g/mol. The maximum Gasteiger partial charge on any atom is 0.288 e. The minimum Gasteiger partial charge on any atom is -0.366 e. The summed E-state index contributed by atoms with van der Waals surface area (Å²) < 4.78 is 13.1. The average Bonchev–Trinajstić information content (AvgIpc) is 2.49. The topological polar surface area (TPSA) is 79.0 Å². The SMILES string of the molecule is N#CC(Nc1ccc(F)c(Cl)c1)c1ccc(Cl)c([N+](=O)[O-])c1. The van der Waals surface area contributed by atoms with Crippen molar-refractivity contribution in [2.24, 2.45) is 0 Å².